The third kappa shape index (κ3) is 6.54. The van der Waals surface area contributed by atoms with Gasteiger partial charge in [-0.05, 0) is 69.5 Å². The Hall–Kier alpha value is -1.71. The van der Waals surface area contributed by atoms with Crippen LogP contribution in [0.4, 0.5) is 4.79 Å². The van der Waals surface area contributed by atoms with Gasteiger partial charge in [0.05, 0.1) is 0 Å². The van der Waals surface area contributed by atoms with E-state index in [1.807, 2.05) is 76.2 Å². The van der Waals surface area contributed by atoms with Crippen LogP contribution in [0.2, 0.25) is 10.0 Å². The third-order valence-electron chi connectivity index (χ3n) is 3.99. The number of hydrogen-bond acceptors (Lipinski definition) is 2. The molecule has 3 nitrogen and oxygen atoms in total. The second kappa shape index (κ2) is 8.79. The van der Waals surface area contributed by atoms with Gasteiger partial charge in [-0.2, -0.15) is 0 Å². The van der Waals surface area contributed by atoms with Crippen LogP contribution in [0.15, 0.2) is 48.5 Å². The summed E-state index contributed by atoms with van der Waals surface area (Å²) in [6, 6.07) is 15.3. The molecule has 2 aromatic rings. The Labute approximate surface area is 165 Å². The second-order valence-corrected chi connectivity index (χ2v) is 8.30. The van der Waals surface area contributed by atoms with Crippen LogP contribution in [0.1, 0.15) is 44.7 Å². The predicted octanol–water partition coefficient (Wildman–Crippen LogP) is 6.23. The van der Waals surface area contributed by atoms with Crippen molar-refractivity contribution in [1.82, 2.24) is 5.32 Å². The monoisotopic (exact) mass is 393 g/mol. The van der Waals surface area contributed by atoms with E-state index in [0.29, 0.717) is 10.0 Å². The number of nitrogens with one attached hydrogen (secondary N) is 1. The molecule has 0 bridgehead atoms. The summed E-state index contributed by atoms with van der Waals surface area (Å²) in [5, 5.41) is 4.33. The van der Waals surface area contributed by atoms with Crippen molar-refractivity contribution in [3.63, 3.8) is 0 Å². The Morgan fingerprint density at radius 2 is 1.73 bits per heavy atom. The van der Waals surface area contributed by atoms with Crippen molar-refractivity contribution in [3.8, 4) is 0 Å². The van der Waals surface area contributed by atoms with Gasteiger partial charge in [0.1, 0.15) is 5.60 Å². The first kappa shape index (κ1) is 20.6. The maximum atomic E-state index is 12.2. The van der Waals surface area contributed by atoms with Crippen molar-refractivity contribution < 1.29 is 9.53 Å². The lowest BCUT2D eigenvalue weighted by atomic mass is 9.86. The zero-order valence-corrected chi connectivity index (χ0v) is 17.1. The number of halogens is 2. The molecule has 0 spiro atoms. The molecule has 0 aromatic heterocycles. The molecular formula is C21H25Cl2NO2. The first-order valence-electron chi connectivity index (χ1n) is 8.63. The van der Waals surface area contributed by atoms with Gasteiger partial charge in [-0.15, -0.1) is 0 Å². The molecule has 5 heteroatoms. The van der Waals surface area contributed by atoms with Crippen molar-refractivity contribution >= 4 is 29.3 Å². The number of carbonyl (C=O) groups excluding carboxylic acids is 1. The average molecular weight is 394 g/mol. The van der Waals surface area contributed by atoms with E-state index in [1.165, 1.54) is 0 Å². The molecule has 0 saturated heterocycles. The molecule has 1 amide bonds. The number of rotatable bonds is 5. The molecule has 0 aliphatic rings. The summed E-state index contributed by atoms with van der Waals surface area (Å²) in [6.45, 7) is 7.52. The molecule has 0 aliphatic carbocycles. The summed E-state index contributed by atoms with van der Waals surface area (Å²) < 4.78 is 5.39. The molecule has 1 N–H and O–H groups in total. The Morgan fingerprint density at radius 3 is 2.31 bits per heavy atom. The maximum Gasteiger partial charge on any atom is 0.407 e. The Balaban J connectivity index is 2.22. The molecule has 0 radical (unpaired) electrons. The molecule has 2 atom stereocenters. The Bertz CT molecular complexity index is 738. The SMILES string of the molecule is CC(NC(=O)OC(C)(C)C)C(Cc1ccc(Cl)cc1)c1cccc(Cl)c1. The molecule has 140 valence electrons. The lowest BCUT2D eigenvalue weighted by Crippen LogP contribution is -2.41. The fraction of sp³-hybridized carbons (Fsp3) is 0.381. The van der Waals surface area contributed by atoms with E-state index in [4.69, 9.17) is 27.9 Å². The molecule has 26 heavy (non-hydrogen) atoms. The zero-order valence-electron chi connectivity index (χ0n) is 15.6. The summed E-state index contributed by atoms with van der Waals surface area (Å²) in [7, 11) is 0. The highest BCUT2D eigenvalue weighted by atomic mass is 35.5. The highest BCUT2D eigenvalue weighted by molar-refractivity contribution is 6.30. The minimum Gasteiger partial charge on any atom is -0.444 e. The minimum absolute atomic E-state index is 0.0439. The van der Waals surface area contributed by atoms with E-state index in [0.717, 1.165) is 17.5 Å². The standard InChI is InChI=1S/C21H25Cl2NO2/c1-14(24-20(25)26-21(2,3)4)19(16-6-5-7-18(23)13-16)12-15-8-10-17(22)11-9-15/h5-11,13-14,19H,12H2,1-4H3,(H,24,25). The molecule has 2 rings (SSSR count). The second-order valence-electron chi connectivity index (χ2n) is 7.43. The number of benzene rings is 2. The normalized spacial score (nSPS) is 13.8. The number of alkyl carbamates (subject to hydrolysis) is 1. The van der Waals surface area contributed by atoms with Gasteiger partial charge < -0.3 is 10.1 Å². The molecular weight excluding hydrogens is 369 g/mol. The molecule has 0 aliphatic heterocycles. The van der Waals surface area contributed by atoms with Crippen LogP contribution in [-0.4, -0.2) is 17.7 Å². The smallest absolute Gasteiger partial charge is 0.407 e. The van der Waals surface area contributed by atoms with Crippen molar-refractivity contribution in [2.45, 2.75) is 51.7 Å². The fourth-order valence-electron chi connectivity index (χ4n) is 2.79. The maximum absolute atomic E-state index is 12.2. The van der Waals surface area contributed by atoms with Gasteiger partial charge in [-0.3, -0.25) is 0 Å². The van der Waals surface area contributed by atoms with Gasteiger partial charge in [0.2, 0.25) is 0 Å². The van der Waals surface area contributed by atoms with E-state index < -0.39 is 11.7 Å². The lowest BCUT2D eigenvalue weighted by molar-refractivity contribution is 0.0501. The third-order valence-corrected chi connectivity index (χ3v) is 4.48. The summed E-state index contributed by atoms with van der Waals surface area (Å²) >= 11 is 12.2. The van der Waals surface area contributed by atoms with Crippen LogP contribution in [0, 0.1) is 0 Å². The van der Waals surface area contributed by atoms with E-state index in [9.17, 15) is 4.79 Å². The fourth-order valence-corrected chi connectivity index (χ4v) is 3.11. The predicted molar refractivity (Wildman–Crippen MR) is 108 cm³/mol. The van der Waals surface area contributed by atoms with Crippen LogP contribution in [-0.2, 0) is 11.2 Å². The van der Waals surface area contributed by atoms with Gasteiger partial charge in [-0.1, -0.05) is 47.5 Å². The summed E-state index contributed by atoms with van der Waals surface area (Å²) in [4.78, 5) is 12.2. The number of ether oxygens (including phenoxy) is 1. The summed E-state index contributed by atoms with van der Waals surface area (Å²) in [5.74, 6) is 0.0439. The minimum atomic E-state index is -0.536. The van der Waals surface area contributed by atoms with Gasteiger partial charge in [-0.25, -0.2) is 4.79 Å². The van der Waals surface area contributed by atoms with Crippen molar-refractivity contribution in [2.24, 2.45) is 0 Å². The summed E-state index contributed by atoms with van der Waals surface area (Å²) in [5.41, 5.74) is 1.67. The molecule has 2 unspecified atom stereocenters. The largest absolute Gasteiger partial charge is 0.444 e. The van der Waals surface area contributed by atoms with Gasteiger partial charge in [0.25, 0.3) is 0 Å². The van der Waals surface area contributed by atoms with E-state index in [-0.39, 0.29) is 12.0 Å². The van der Waals surface area contributed by atoms with E-state index in [2.05, 4.69) is 5.32 Å². The van der Waals surface area contributed by atoms with E-state index >= 15 is 0 Å². The van der Waals surface area contributed by atoms with Crippen LogP contribution in [0.25, 0.3) is 0 Å². The first-order chi connectivity index (χ1) is 12.1. The summed E-state index contributed by atoms with van der Waals surface area (Å²) in [6.07, 6.45) is 0.321. The first-order valence-corrected chi connectivity index (χ1v) is 9.39. The quantitative estimate of drug-likeness (QED) is 0.653. The highest BCUT2D eigenvalue weighted by Gasteiger charge is 2.24. The molecule has 0 fully saturated rings. The topological polar surface area (TPSA) is 38.3 Å². The van der Waals surface area contributed by atoms with Crippen LogP contribution < -0.4 is 5.32 Å². The van der Waals surface area contributed by atoms with Crippen LogP contribution >= 0.6 is 23.2 Å². The molecule has 2 aromatic carbocycles. The van der Waals surface area contributed by atoms with Crippen molar-refractivity contribution in [3.05, 3.63) is 69.7 Å². The van der Waals surface area contributed by atoms with Gasteiger partial charge in [0.15, 0.2) is 0 Å². The highest BCUT2D eigenvalue weighted by Crippen LogP contribution is 2.27. The molecule has 0 heterocycles. The Morgan fingerprint density at radius 1 is 1.08 bits per heavy atom. The van der Waals surface area contributed by atoms with Gasteiger partial charge >= 0.3 is 6.09 Å². The van der Waals surface area contributed by atoms with Crippen molar-refractivity contribution in [1.29, 1.82) is 0 Å². The lowest BCUT2D eigenvalue weighted by Gasteiger charge is -2.27. The number of carbonyl (C=O) groups is 1. The van der Waals surface area contributed by atoms with Crippen LogP contribution in [0.3, 0.4) is 0 Å². The number of amides is 1. The van der Waals surface area contributed by atoms with Crippen LogP contribution in [0.5, 0.6) is 0 Å². The number of hydrogen-bond donors (Lipinski definition) is 1. The van der Waals surface area contributed by atoms with Gasteiger partial charge in [0, 0.05) is 22.0 Å². The zero-order chi connectivity index (χ0) is 19.3. The average Bonchev–Trinajstić information content (AvgIpc) is 2.52. The van der Waals surface area contributed by atoms with Crippen molar-refractivity contribution in [2.75, 3.05) is 0 Å². The molecule has 0 saturated carbocycles. The Kier molecular flexibility index (Phi) is 6.96. The van der Waals surface area contributed by atoms with E-state index in [1.54, 1.807) is 0 Å².